The maximum atomic E-state index is 10.4. The molecule has 1 aliphatic heterocycles. The predicted molar refractivity (Wildman–Crippen MR) is 124 cm³/mol. The highest BCUT2D eigenvalue weighted by molar-refractivity contribution is 6.31. The van der Waals surface area contributed by atoms with Crippen molar-refractivity contribution in [2.75, 3.05) is 13.2 Å². The van der Waals surface area contributed by atoms with E-state index in [-0.39, 0.29) is 0 Å². The van der Waals surface area contributed by atoms with Crippen molar-refractivity contribution in [1.29, 1.82) is 0 Å². The summed E-state index contributed by atoms with van der Waals surface area (Å²) in [6.45, 7) is 2.13. The molecule has 0 bridgehead atoms. The largest absolute Gasteiger partial charge is 0.395 e. The average molecular weight is 476 g/mol. The molecule has 1 saturated carbocycles. The van der Waals surface area contributed by atoms with Crippen molar-refractivity contribution in [3.63, 3.8) is 0 Å². The minimum Gasteiger partial charge on any atom is -0.395 e. The first-order valence-electron chi connectivity index (χ1n) is 11.2. The second kappa shape index (κ2) is 10.5. The highest BCUT2D eigenvalue weighted by Crippen LogP contribution is 2.34. The van der Waals surface area contributed by atoms with E-state index in [2.05, 4.69) is 5.16 Å². The summed E-state index contributed by atoms with van der Waals surface area (Å²) in [7, 11) is 0. The lowest BCUT2D eigenvalue weighted by Crippen LogP contribution is -2.55. The molecule has 178 valence electrons. The topological polar surface area (TPSA) is 112 Å². The molecule has 7 nitrogen and oxygen atoms in total. The molecule has 0 spiro atoms. The molecule has 0 amide bonds. The molecule has 2 aromatic rings. The lowest BCUT2D eigenvalue weighted by Gasteiger charge is -2.40. The standard InChI is InChI=1S/C25H30ClNO6/c1-14(27-32-13-16-2-3-16)17-6-4-15(5-7-17)10-19-11-18(8-9-20(19)26)25-24(31)23(30)22(29)21(12-28)33-25/h4-9,11,16,21-25,28-31H,2-3,10,12-13H2,1H3/b27-14+/t21-,22-,23+,24-,25+/m1/s1. The molecule has 0 unspecified atom stereocenters. The Bertz CT molecular complexity index is 975. The number of ether oxygens (including phenoxy) is 1. The van der Waals surface area contributed by atoms with Crippen molar-refractivity contribution < 1.29 is 30.0 Å². The number of hydrogen-bond acceptors (Lipinski definition) is 7. The summed E-state index contributed by atoms with van der Waals surface area (Å²) in [5.74, 6) is 0.660. The van der Waals surface area contributed by atoms with Gasteiger partial charge in [-0.1, -0.05) is 53.2 Å². The third kappa shape index (κ3) is 5.74. The Kier molecular flexibility index (Phi) is 7.69. The molecule has 4 N–H and O–H groups in total. The molecule has 2 aliphatic rings. The van der Waals surface area contributed by atoms with Crippen molar-refractivity contribution in [3.05, 3.63) is 69.7 Å². The van der Waals surface area contributed by atoms with Gasteiger partial charge < -0.3 is 30.0 Å². The number of oxime groups is 1. The SMILES string of the molecule is C/C(=N\OCC1CC1)c1ccc(Cc2cc([C@@H]3O[C@H](CO)[C@@H](O)[C@H](O)[C@H]3O)ccc2Cl)cc1. The second-order valence-electron chi connectivity index (χ2n) is 8.89. The summed E-state index contributed by atoms with van der Waals surface area (Å²) < 4.78 is 5.68. The number of aliphatic hydroxyl groups is 4. The van der Waals surface area contributed by atoms with E-state index in [1.54, 1.807) is 12.1 Å². The third-order valence-electron chi connectivity index (χ3n) is 6.27. The van der Waals surface area contributed by atoms with Crippen LogP contribution in [0.15, 0.2) is 47.6 Å². The number of nitrogens with zero attached hydrogens (tertiary/aromatic N) is 1. The third-order valence-corrected chi connectivity index (χ3v) is 6.63. The Morgan fingerprint density at radius 2 is 1.79 bits per heavy atom. The first-order chi connectivity index (χ1) is 15.9. The van der Waals surface area contributed by atoms with Gasteiger partial charge in [0.15, 0.2) is 0 Å². The van der Waals surface area contributed by atoms with Gasteiger partial charge in [0, 0.05) is 5.02 Å². The Morgan fingerprint density at radius 1 is 1.06 bits per heavy atom. The van der Waals surface area contributed by atoms with Crippen LogP contribution < -0.4 is 0 Å². The predicted octanol–water partition coefficient (Wildman–Crippen LogP) is 2.60. The number of rotatable bonds is 8. The molecule has 2 fully saturated rings. The molecule has 8 heteroatoms. The molecular weight excluding hydrogens is 446 g/mol. The van der Waals surface area contributed by atoms with Gasteiger partial charge in [0.2, 0.25) is 0 Å². The summed E-state index contributed by atoms with van der Waals surface area (Å²) in [4.78, 5) is 5.41. The Hall–Kier alpha value is -2.00. The first kappa shape index (κ1) is 24.1. The lowest BCUT2D eigenvalue weighted by molar-refractivity contribution is -0.231. The fourth-order valence-electron chi connectivity index (χ4n) is 3.94. The van der Waals surface area contributed by atoms with Crippen LogP contribution in [0.5, 0.6) is 0 Å². The van der Waals surface area contributed by atoms with Gasteiger partial charge in [0.25, 0.3) is 0 Å². The minimum absolute atomic E-state index is 0.470. The summed E-state index contributed by atoms with van der Waals surface area (Å²) in [5, 5.41) is 44.8. The minimum atomic E-state index is -1.43. The van der Waals surface area contributed by atoms with Crippen LogP contribution in [0.2, 0.25) is 5.02 Å². The molecule has 2 aromatic carbocycles. The lowest BCUT2D eigenvalue weighted by atomic mass is 9.90. The van der Waals surface area contributed by atoms with E-state index < -0.39 is 37.1 Å². The van der Waals surface area contributed by atoms with E-state index in [0.29, 0.717) is 29.5 Å². The fourth-order valence-corrected chi connectivity index (χ4v) is 4.13. The molecule has 0 aromatic heterocycles. The van der Waals surface area contributed by atoms with E-state index >= 15 is 0 Å². The monoisotopic (exact) mass is 475 g/mol. The molecule has 5 atom stereocenters. The van der Waals surface area contributed by atoms with Gasteiger partial charge >= 0.3 is 0 Å². The Labute approximate surface area is 198 Å². The van der Waals surface area contributed by atoms with E-state index in [4.69, 9.17) is 21.2 Å². The van der Waals surface area contributed by atoms with E-state index in [1.165, 1.54) is 12.8 Å². The van der Waals surface area contributed by atoms with Crippen LogP contribution in [0, 0.1) is 5.92 Å². The number of benzene rings is 2. The van der Waals surface area contributed by atoms with Gasteiger partial charge in [-0.05, 0) is 60.4 Å². The summed E-state index contributed by atoms with van der Waals surface area (Å²) in [6, 6.07) is 13.2. The number of aliphatic hydroxyl groups excluding tert-OH is 4. The Balaban J connectivity index is 1.46. The zero-order valence-corrected chi connectivity index (χ0v) is 19.2. The quantitative estimate of drug-likeness (QED) is 0.345. The molecule has 0 radical (unpaired) electrons. The zero-order valence-electron chi connectivity index (χ0n) is 18.5. The van der Waals surface area contributed by atoms with Gasteiger partial charge in [-0.3, -0.25) is 0 Å². The van der Waals surface area contributed by atoms with Crippen LogP contribution >= 0.6 is 11.6 Å². The van der Waals surface area contributed by atoms with Gasteiger partial charge in [-0.2, -0.15) is 0 Å². The number of hydrogen-bond donors (Lipinski definition) is 4. The van der Waals surface area contributed by atoms with E-state index in [0.717, 1.165) is 22.4 Å². The smallest absolute Gasteiger partial charge is 0.120 e. The first-order valence-corrected chi connectivity index (χ1v) is 11.6. The van der Waals surface area contributed by atoms with Gasteiger partial charge in [-0.25, -0.2) is 0 Å². The molecule has 33 heavy (non-hydrogen) atoms. The van der Waals surface area contributed by atoms with Crippen LogP contribution in [0.4, 0.5) is 0 Å². The van der Waals surface area contributed by atoms with Gasteiger partial charge in [-0.15, -0.1) is 0 Å². The summed E-state index contributed by atoms with van der Waals surface area (Å²) >= 11 is 6.43. The molecule has 1 aliphatic carbocycles. The van der Waals surface area contributed by atoms with Gasteiger partial charge in [0.05, 0.1) is 12.3 Å². The van der Waals surface area contributed by atoms with E-state index in [9.17, 15) is 20.4 Å². The van der Waals surface area contributed by atoms with Crippen LogP contribution in [0.1, 0.15) is 48.1 Å². The van der Waals surface area contributed by atoms with E-state index in [1.807, 2.05) is 37.3 Å². The van der Waals surface area contributed by atoms with Crippen LogP contribution in [-0.2, 0) is 16.0 Å². The Morgan fingerprint density at radius 3 is 2.45 bits per heavy atom. The van der Waals surface area contributed by atoms with Crippen molar-refractivity contribution >= 4 is 17.3 Å². The van der Waals surface area contributed by atoms with Crippen molar-refractivity contribution in [3.8, 4) is 0 Å². The maximum Gasteiger partial charge on any atom is 0.120 e. The summed E-state index contributed by atoms with van der Waals surface area (Å²) in [5.41, 5.74) is 4.29. The fraction of sp³-hybridized carbons (Fsp3) is 0.480. The normalized spacial score (nSPS) is 28.1. The van der Waals surface area contributed by atoms with Crippen LogP contribution in [-0.4, -0.2) is 63.8 Å². The van der Waals surface area contributed by atoms with Crippen LogP contribution in [0.25, 0.3) is 0 Å². The number of halogens is 1. The zero-order chi connectivity index (χ0) is 23.5. The highest BCUT2D eigenvalue weighted by atomic mass is 35.5. The van der Waals surface area contributed by atoms with Crippen molar-refractivity contribution in [2.45, 2.75) is 56.7 Å². The van der Waals surface area contributed by atoms with Crippen LogP contribution in [0.3, 0.4) is 0 Å². The maximum absolute atomic E-state index is 10.4. The average Bonchev–Trinajstić information content (AvgIpc) is 3.64. The molecular formula is C25H30ClNO6. The van der Waals surface area contributed by atoms with Crippen molar-refractivity contribution in [2.24, 2.45) is 11.1 Å². The van der Waals surface area contributed by atoms with Gasteiger partial charge in [0.1, 0.15) is 37.1 Å². The second-order valence-corrected chi connectivity index (χ2v) is 9.30. The highest BCUT2D eigenvalue weighted by Gasteiger charge is 2.44. The molecule has 4 rings (SSSR count). The van der Waals surface area contributed by atoms with Crippen molar-refractivity contribution in [1.82, 2.24) is 0 Å². The molecule has 1 saturated heterocycles. The summed E-state index contributed by atoms with van der Waals surface area (Å²) in [6.07, 6.45) is -3.00. The molecule has 1 heterocycles.